The van der Waals surface area contributed by atoms with Crippen LogP contribution >= 0.6 is 0 Å². The molecule has 134 valence electrons. The minimum atomic E-state index is -0.762. The van der Waals surface area contributed by atoms with Gasteiger partial charge in [-0.3, -0.25) is 9.59 Å². The molecule has 0 bridgehead atoms. The number of nitrogens with two attached hydrogens (primary N) is 1. The van der Waals surface area contributed by atoms with Gasteiger partial charge >= 0.3 is 0 Å². The van der Waals surface area contributed by atoms with Crippen molar-refractivity contribution in [2.75, 3.05) is 0 Å². The second kappa shape index (κ2) is 8.32. The van der Waals surface area contributed by atoms with Gasteiger partial charge in [0.15, 0.2) is 5.76 Å². The molecule has 0 aliphatic carbocycles. The average molecular weight is 348 g/mol. The largest absolute Gasteiger partial charge is 0.486 e. The number of carbonyl (C=O) groups excluding carboxylic acids is 2. The molecule has 1 aromatic carbocycles. The van der Waals surface area contributed by atoms with Crippen molar-refractivity contribution in [1.82, 2.24) is 5.32 Å². The Hall–Kier alpha value is -2.83. The Labute approximate surface area is 145 Å². The van der Waals surface area contributed by atoms with Crippen LogP contribution in [-0.4, -0.2) is 17.9 Å². The highest BCUT2D eigenvalue weighted by Crippen LogP contribution is 2.16. The summed E-state index contributed by atoms with van der Waals surface area (Å²) < 4.78 is 23.7. The highest BCUT2D eigenvalue weighted by atomic mass is 19.1. The van der Waals surface area contributed by atoms with Crippen LogP contribution in [0, 0.1) is 11.7 Å². The SMILES string of the molecule is CCC(C)C(NC(=O)c1ccc(COc2ccc(F)cc2)o1)C(N)=O. The summed E-state index contributed by atoms with van der Waals surface area (Å²) in [5.74, 6) is -0.575. The van der Waals surface area contributed by atoms with E-state index >= 15 is 0 Å². The van der Waals surface area contributed by atoms with Gasteiger partial charge in [-0.2, -0.15) is 0 Å². The number of rotatable bonds is 8. The van der Waals surface area contributed by atoms with E-state index in [2.05, 4.69) is 5.32 Å². The van der Waals surface area contributed by atoms with E-state index in [1.807, 2.05) is 13.8 Å². The van der Waals surface area contributed by atoms with Crippen LogP contribution in [0.4, 0.5) is 4.39 Å². The van der Waals surface area contributed by atoms with Gasteiger partial charge in [-0.15, -0.1) is 0 Å². The standard InChI is InChI=1S/C18H21FN2O4/c1-3-11(2)16(17(20)22)21-18(23)15-9-8-14(25-15)10-24-13-6-4-12(19)5-7-13/h4-9,11,16H,3,10H2,1-2H3,(H2,20,22)(H,21,23). The van der Waals surface area contributed by atoms with E-state index in [1.54, 1.807) is 6.07 Å². The lowest BCUT2D eigenvalue weighted by molar-refractivity contribution is -0.120. The molecule has 2 unspecified atom stereocenters. The van der Waals surface area contributed by atoms with Gasteiger partial charge in [0, 0.05) is 0 Å². The zero-order valence-electron chi connectivity index (χ0n) is 14.1. The van der Waals surface area contributed by atoms with E-state index in [1.165, 1.54) is 30.3 Å². The van der Waals surface area contributed by atoms with Crippen LogP contribution in [0.1, 0.15) is 36.6 Å². The van der Waals surface area contributed by atoms with Gasteiger partial charge in [0.1, 0.15) is 30.0 Å². The molecule has 2 amide bonds. The Balaban J connectivity index is 1.96. The summed E-state index contributed by atoms with van der Waals surface area (Å²) >= 11 is 0. The van der Waals surface area contributed by atoms with Crippen LogP contribution in [0.2, 0.25) is 0 Å². The monoisotopic (exact) mass is 348 g/mol. The summed E-state index contributed by atoms with van der Waals surface area (Å²) in [6.45, 7) is 3.83. The smallest absolute Gasteiger partial charge is 0.287 e. The Bertz CT molecular complexity index is 727. The van der Waals surface area contributed by atoms with Crippen molar-refractivity contribution in [1.29, 1.82) is 0 Å². The maximum absolute atomic E-state index is 12.8. The molecule has 2 rings (SSSR count). The molecule has 0 saturated heterocycles. The van der Waals surface area contributed by atoms with E-state index in [-0.39, 0.29) is 24.1 Å². The molecule has 25 heavy (non-hydrogen) atoms. The molecule has 1 aromatic heterocycles. The first-order valence-corrected chi connectivity index (χ1v) is 7.98. The van der Waals surface area contributed by atoms with Gasteiger partial charge in [0.25, 0.3) is 5.91 Å². The molecular formula is C18H21FN2O4. The quantitative estimate of drug-likeness (QED) is 0.767. The topological polar surface area (TPSA) is 94.6 Å². The Morgan fingerprint density at radius 1 is 1.24 bits per heavy atom. The average Bonchev–Trinajstić information content (AvgIpc) is 3.07. The highest BCUT2D eigenvalue weighted by Gasteiger charge is 2.25. The molecule has 2 atom stereocenters. The zero-order valence-corrected chi connectivity index (χ0v) is 14.1. The predicted octanol–water partition coefficient (Wildman–Crippen LogP) is 2.63. The van der Waals surface area contributed by atoms with Crippen LogP contribution < -0.4 is 15.8 Å². The summed E-state index contributed by atoms with van der Waals surface area (Å²) in [5.41, 5.74) is 5.34. The van der Waals surface area contributed by atoms with Crippen molar-refractivity contribution >= 4 is 11.8 Å². The molecule has 0 radical (unpaired) electrons. The number of halogens is 1. The number of hydrogen-bond acceptors (Lipinski definition) is 4. The van der Waals surface area contributed by atoms with Gasteiger partial charge in [0.05, 0.1) is 0 Å². The van der Waals surface area contributed by atoms with Crippen molar-refractivity contribution in [2.24, 2.45) is 11.7 Å². The molecular weight excluding hydrogens is 327 g/mol. The van der Waals surface area contributed by atoms with Gasteiger partial charge < -0.3 is 20.2 Å². The van der Waals surface area contributed by atoms with Crippen molar-refractivity contribution in [3.63, 3.8) is 0 Å². The lowest BCUT2D eigenvalue weighted by Gasteiger charge is -2.20. The van der Waals surface area contributed by atoms with Crippen LogP contribution in [-0.2, 0) is 11.4 Å². The van der Waals surface area contributed by atoms with Gasteiger partial charge in [0.2, 0.25) is 5.91 Å². The van der Waals surface area contributed by atoms with Crippen molar-refractivity contribution in [3.8, 4) is 5.75 Å². The third-order valence-electron chi connectivity index (χ3n) is 3.89. The first kappa shape index (κ1) is 18.5. The predicted molar refractivity (Wildman–Crippen MR) is 89.3 cm³/mol. The molecule has 2 aromatic rings. The normalized spacial score (nSPS) is 13.1. The van der Waals surface area contributed by atoms with E-state index in [9.17, 15) is 14.0 Å². The molecule has 0 spiro atoms. The molecule has 0 fully saturated rings. The zero-order chi connectivity index (χ0) is 18.4. The minimum absolute atomic E-state index is 0.0623. The maximum atomic E-state index is 12.8. The number of carbonyl (C=O) groups is 2. The molecule has 0 aliphatic heterocycles. The second-order valence-electron chi connectivity index (χ2n) is 5.75. The lowest BCUT2D eigenvalue weighted by Crippen LogP contribution is -2.48. The fourth-order valence-corrected chi connectivity index (χ4v) is 2.20. The lowest BCUT2D eigenvalue weighted by atomic mass is 9.98. The molecule has 1 heterocycles. The van der Waals surface area contributed by atoms with Crippen LogP contribution in [0.25, 0.3) is 0 Å². The van der Waals surface area contributed by atoms with Gasteiger partial charge in [-0.05, 0) is 42.3 Å². The number of ether oxygens (including phenoxy) is 1. The first-order chi connectivity index (χ1) is 11.9. The summed E-state index contributed by atoms with van der Waals surface area (Å²) in [4.78, 5) is 23.7. The number of primary amides is 1. The fourth-order valence-electron chi connectivity index (χ4n) is 2.20. The first-order valence-electron chi connectivity index (χ1n) is 7.98. The van der Waals surface area contributed by atoms with E-state index in [0.29, 0.717) is 17.9 Å². The summed E-state index contributed by atoms with van der Waals surface area (Å²) in [5, 5.41) is 2.59. The van der Waals surface area contributed by atoms with Crippen molar-refractivity contribution in [2.45, 2.75) is 32.9 Å². The molecule has 3 N–H and O–H groups in total. The second-order valence-corrected chi connectivity index (χ2v) is 5.75. The summed E-state index contributed by atoms with van der Waals surface area (Å²) in [6.07, 6.45) is 0.697. The van der Waals surface area contributed by atoms with Crippen LogP contribution in [0.15, 0.2) is 40.8 Å². The molecule has 0 aliphatic rings. The molecule has 0 saturated carbocycles. The number of benzene rings is 1. The number of furan rings is 1. The Kier molecular flexibility index (Phi) is 6.16. The minimum Gasteiger partial charge on any atom is -0.486 e. The van der Waals surface area contributed by atoms with Gasteiger partial charge in [-0.25, -0.2) is 4.39 Å². The highest BCUT2D eigenvalue weighted by molar-refractivity contribution is 5.95. The van der Waals surface area contributed by atoms with Crippen molar-refractivity contribution in [3.05, 3.63) is 53.7 Å². The fraction of sp³-hybridized carbons (Fsp3) is 0.333. The van der Waals surface area contributed by atoms with E-state index in [4.69, 9.17) is 14.9 Å². The van der Waals surface area contributed by atoms with E-state index < -0.39 is 17.9 Å². The summed E-state index contributed by atoms with van der Waals surface area (Å²) in [7, 11) is 0. The number of hydrogen-bond donors (Lipinski definition) is 2. The Morgan fingerprint density at radius 3 is 2.52 bits per heavy atom. The van der Waals surface area contributed by atoms with Crippen LogP contribution in [0.3, 0.4) is 0 Å². The Morgan fingerprint density at radius 2 is 1.92 bits per heavy atom. The number of nitrogens with one attached hydrogen (secondary N) is 1. The molecule has 6 nitrogen and oxygen atoms in total. The van der Waals surface area contributed by atoms with Crippen molar-refractivity contribution < 1.29 is 23.1 Å². The third-order valence-corrected chi connectivity index (χ3v) is 3.89. The third kappa shape index (κ3) is 5.07. The maximum Gasteiger partial charge on any atom is 0.287 e. The number of amides is 2. The van der Waals surface area contributed by atoms with Gasteiger partial charge in [-0.1, -0.05) is 20.3 Å². The van der Waals surface area contributed by atoms with E-state index in [0.717, 1.165) is 0 Å². The van der Waals surface area contributed by atoms with Crippen LogP contribution in [0.5, 0.6) is 5.75 Å². The molecule has 7 heteroatoms. The summed E-state index contributed by atoms with van der Waals surface area (Å²) in [6, 6.07) is 7.89.